The normalized spacial score (nSPS) is 10.9. The van der Waals surface area contributed by atoms with Crippen molar-refractivity contribution in [3.63, 3.8) is 0 Å². The Morgan fingerprint density at radius 1 is 1.00 bits per heavy atom. The Balaban J connectivity index is 1.90. The van der Waals surface area contributed by atoms with Crippen molar-refractivity contribution >= 4 is 27.3 Å². The number of hydrogen-bond donors (Lipinski definition) is 0. The SMILES string of the molecule is CCCCc1sc(-c2ccccc2)nc1Cc1ccc(Br)cc1. The van der Waals surface area contributed by atoms with Crippen LogP contribution in [0.25, 0.3) is 10.6 Å². The molecule has 0 spiro atoms. The van der Waals surface area contributed by atoms with E-state index >= 15 is 0 Å². The summed E-state index contributed by atoms with van der Waals surface area (Å²) in [5, 5.41) is 1.14. The third-order valence-electron chi connectivity index (χ3n) is 3.84. The van der Waals surface area contributed by atoms with E-state index in [2.05, 4.69) is 77.5 Å². The van der Waals surface area contributed by atoms with Crippen molar-refractivity contribution in [1.29, 1.82) is 0 Å². The van der Waals surface area contributed by atoms with Crippen LogP contribution >= 0.6 is 27.3 Å². The maximum absolute atomic E-state index is 4.96. The van der Waals surface area contributed by atoms with Crippen LogP contribution in [0.4, 0.5) is 0 Å². The van der Waals surface area contributed by atoms with E-state index in [-0.39, 0.29) is 0 Å². The fourth-order valence-corrected chi connectivity index (χ4v) is 3.94. The summed E-state index contributed by atoms with van der Waals surface area (Å²) in [6.07, 6.45) is 4.49. The molecule has 0 bridgehead atoms. The smallest absolute Gasteiger partial charge is 0.123 e. The standard InChI is InChI=1S/C20H20BrNS/c1-2-3-9-19-18(14-15-10-12-17(21)13-11-15)22-20(23-19)16-7-5-4-6-8-16/h4-8,10-13H,2-3,9,14H2,1H3. The fourth-order valence-electron chi connectivity index (χ4n) is 2.55. The highest BCUT2D eigenvalue weighted by Crippen LogP contribution is 2.30. The number of thiazole rings is 1. The zero-order chi connectivity index (χ0) is 16.1. The first-order valence-corrected chi connectivity index (χ1v) is 9.65. The number of hydrogen-bond acceptors (Lipinski definition) is 2. The van der Waals surface area contributed by atoms with Crippen LogP contribution in [0, 0.1) is 0 Å². The molecular formula is C20H20BrNS. The highest BCUT2D eigenvalue weighted by atomic mass is 79.9. The second-order valence-corrected chi connectivity index (χ2v) is 7.66. The first kappa shape index (κ1) is 16.4. The molecule has 3 heteroatoms. The Bertz CT molecular complexity index is 747. The summed E-state index contributed by atoms with van der Waals surface area (Å²) in [4.78, 5) is 6.40. The summed E-state index contributed by atoms with van der Waals surface area (Å²) in [7, 11) is 0. The number of aromatic nitrogens is 1. The monoisotopic (exact) mass is 385 g/mol. The highest BCUT2D eigenvalue weighted by Gasteiger charge is 2.12. The average molecular weight is 386 g/mol. The van der Waals surface area contributed by atoms with E-state index in [1.165, 1.54) is 34.5 Å². The van der Waals surface area contributed by atoms with Gasteiger partial charge in [0.2, 0.25) is 0 Å². The van der Waals surface area contributed by atoms with Crippen LogP contribution in [0.1, 0.15) is 35.9 Å². The molecule has 0 N–H and O–H groups in total. The van der Waals surface area contributed by atoms with Gasteiger partial charge in [-0.25, -0.2) is 4.98 Å². The van der Waals surface area contributed by atoms with Gasteiger partial charge in [-0.3, -0.25) is 0 Å². The van der Waals surface area contributed by atoms with Gasteiger partial charge in [0.05, 0.1) is 5.69 Å². The van der Waals surface area contributed by atoms with Gasteiger partial charge < -0.3 is 0 Å². The van der Waals surface area contributed by atoms with Crippen molar-refractivity contribution in [3.8, 4) is 10.6 Å². The minimum atomic E-state index is 0.912. The van der Waals surface area contributed by atoms with Crippen LogP contribution < -0.4 is 0 Å². The molecule has 1 nitrogen and oxygen atoms in total. The summed E-state index contributed by atoms with van der Waals surface area (Å²) in [6.45, 7) is 2.24. The largest absolute Gasteiger partial charge is 0.240 e. The van der Waals surface area contributed by atoms with E-state index in [0.717, 1.165) is 22.3 Å². The molecule has 2 aromatic carbocycles. The molecule has 0 aliphatic carbocycles. The van der Waals surface area contributed by atoms with Gasteiger partial charge in [-0.1, -0.05) is 71.7 Å². The van der Waals surface area contributed by atoms with Gasteiger partial charge in [0, 0.05) is 21.3 Å². The Labute approximate surface area is 150 Å². The number of unbranched alkanes of at least 4 members (excludes halogenated alkanes) is 1. The zero-order valence-corrected chi connectivity index (χ0v) is 15.7. The van der Waals surface area contributed by atoms with Crippen LogP contribution in [0.2, 0.25) is 0 Å². The molecule has 1 heterocycles. The molecule has 0 aliphatic heterocycles. The summed E-state index contributed by atoms with van der Waals surface area (Å²) >= 11 is 5.36. The van der Waals surface area contributed by atoms with Crippen molar-refractivity contribution in [2.24, 2.45) is 0 Å². The molecule has 3 rings (SSSR count). The molecule has 0 atom stereocenters. The molecule has 0 fully saturated rings. The van der Waals surface area contributed by atoms with E-state index in [4.69, 9.17) is 4.98 Å². The van der Waals surface area contributed by atoms with Crippen LogP contribution in [0.3, 0.4) is 0 Å². The van der Waals surface area contributed by atoms with Crippen molar-refractivity contribution in [3.05, 3.63) is 75.2 Å². The van der Waals surface area contributed by atoms with Crippen molar-refractivity contribution < 1.29 is 0 Å². The van der Waals surface area contributed by atoms with Crippen molar-refractivity contribution in [1.82, 2.24) is 4.98 Å². The fraction of sp³-hybridized carbons (Fsp3) is 0.250. The topological polar surface area (TPSA) is 12.9 Å². The predicted octanol–water partition coefficient (Wildman–Crippen LogP) is 6.51. The number of nitrogens with zero attached hydrogens (tertiary/aromatic N) is 1. The van der Waals surface area contributed by atoms with E-state index in [0.29, 0.717) is 0 Å². The lowest BCUT2D eigenvalue weighted by atomic mass is 10.1. The molecule has 0 saturated heterocycles. The van der Waals surface area contributed by atoms with Crippen molar-refractivity contribution in [2.45, 2.75) is 32.6 Å². The van der Waals surface area contributed by atoms with Crippen LogP contribution in [0.5, 0.6) is 0 Å². The van der Waals surface area contributed by atoms with Gasteiger partial charge in [-0.2, -0.15) is 0 Å². The third kappa shape index (κ3) is 4.30. The quantitative estimate of drug-likeness (QED) is 0.471. The predicted molar refractivity (Wildman–Crippen MR) is 103 cm³/mol. The number of benzene rings is 2. The minimum absolute atomic E-state index is 0.912. The Morgan fingerprint density at radius 2 is 1.74 bits per heavy atom. The van der Waals surface area contributed by atoms with Crippen LogP contribution in [0.15, 0.2) is 59.1 Å². The number of halogens is 1. The van der Waals surface area contributed by atoms with Crippen LogP contribution in [-0.2, 0) is 12.8 Å². The summed E-state index contributed by atoms with van der Waals surface area (Å²) in [5.41, 5.74) is 3.78. The highest BCUT2D eigenvalue weighted by molar-refractivity contribution is 9.10. The van der Waals surface area contributed by atoms with E-state index in [1.807, 2.05) is 11.3 Å². The number of rotatable bonds is 6. The maximum atomic E-state index is 4.96. The molecule has 0 saturated carbocycles. The van der Waals surface area contributed by atoms with Gasteiger partial charge >= 0.3 is 0 Å². The van der Waals surface area contributed by atoms with Gasteiger partial charge in [-0.05, 0) is 30.5 Å². The molecule has 0 amide bonds. The first-order valence-electron chi connectivity index (χ1n) is 8.04. The maximum Gasteiger partial charge on any atom is 0.123 e. The van der Waals surface area contributed by atoms with Gasteiger partial charge in [0.25, 0.3) is 0 Å². The lowest BCUT2D eigenvalue weighted by molar-refractivity contribution is 0.795. The molecule has 0 aliphatic rings. The number of aryl methyl sites for hydroxylation is 1. The summed E-state index contributed by atoms with van der Waals surface area (Å²) < 4.78 is 1.12. The van der Waals surface area contributed by atoms with Gasteiger partial charge in [0.1, 0.15) is 5.01 Å². The third-order valence-corrected chi connectivity index (χ3v) is 5.58. The molecule has 0 unspecified atom stereocenters. The van der Waals surface area contributed by atoms with Gasteiger partial charge in [0.15, 0.2) is 0 Å². The lowest BCUT2D eigenvalue weighted by Crippen LogP contribution is -1.94. The molecule has 3 aromatic rings. The first-order chi connectivity index (χ1) is 11.3. The molecule has 23 heavy (non-hydrogen) atoms. The minimum Gasteiger partial charge on any atom is -0.240 e. The second-order valence-electron chi connectivity index (χ2n) is 5.66. The Morgan fingerprint density at radius 3 is 2.43 bits per heavy atom. The summed E-state index contributed by atoms with van der Waals surface area (Å²) in [6, 6.07) is 19.1. The second kappa shape index (κ2) is 7.89. The van der Waals surface area contributed by atoms with Crippen molar-refractivity contribution in [2.75, 3.05) is 0 Å². The molecular weight excluding hydrogens is 366 g/mol. The Hall–Kier alpha value is -1.45. The van der Waals surface area contributed by atoms with Crippen LogP contribution in [-0.4, -0.2) is 4.98 Å². The zero-order valence-electron chi connectivity index (χ0n) is 13.3. The van der Waals surface area contributed by atoms with E-state index in [9.17, 15) is 0 Å². The Kier molecular flexibility index (Phi) is 5.63. The van der Waals surface area contributed by atoms with E-state index < -0.39 is 0 Å². The van der Waals surface area contributed by atoms with E-state index in [1.54, 1.807) is 0 Å². The lowest BCUT2D eigenvalue weighted by Gasteiger charge is -2.02. The average Bonchev–Trinajstić information content (AvgIpc) is 2.99. The molecule has 118 valence electrons. The van der Waals surface area contributed by atoms with Gasteiger partial charge in [-0.15, -0.1) is 11.3 Å². The summed E-state index contributed by atoms with van der Waals surface area (Å²) in [5.74, 6) is 0. The molecule has 1 aromatic heterocycles. The molecule has 0 radical (unpaired) electrons.